The van der Waals surface area contributed by atoms with Crippen LogP contribution in [-0.4, -0.2) is 25.8 Å². The third kappa shape index (κ3) is 4.06. The van der Waals surface area contributed by atoms with Gasteiger partial charge in [-0.1, -0.05) is 27.7 Å². The molecule has 0 aromatic carbocycles. The fraction of sp³-hybridized carbons (Fsp3) is 1.00. The van der Waals surface area contributed by atoms with E-state index in [0.29, 0.717) is 6.04 Å². The van der Waals surface area contributed by atoms with Gasteiger partial charge in [-0.25, -0.2) is 0 Å². The predicted octanol–water partition coefficient (Wildman–Crippen LogP) is 3.07. The summed E-state index contributed by atoms with van der Waals surface area (Å²) in [6.45, 7) is 12.3. The van der Waals surface area contributed by atoms with Crippen LogP contribution in [0.25, 0.3) is 0 Å². The first-order valence-electron chi connectivity index (χ1n) is 6.98. The van der Waals surface area contributed by atoms with Crippen molar-refractivity contribution in [2.75, 3.05) is 19.8 Å². The normalized spacial score (nSPS) is 25.7. The molecule has 2 nitrogen and oxygen atoms in total. The van der Waals surface area contributed by atoms with Gasteiger partial charge in [0.15, 0.2) is 0 Å². The lowest BCUT2D eigenvalue weighted by molar-refractivity contribution is 0.0257. The summed E-state index contributed by atoms with van der Waals surface area (Å²) in [7, 11) is 0. The van der Waals surface area contributed by atoms with Crippen molar-refractivity contribution in [2.45, 2.75) is 53.0 Å². The summed E-state index contributed by atoms with van der Waals surface area (Å²) in [6.07, 6.45) is 3.78. The van der Waals surface area contributed by atoms with Crippen LogP contribution in [0.1, 0.15) is 47.0 Å². The van der Waals surface area contributed by atoms with Gasteiger partial charge in [-0.2, -0.15) is 0 Å². The Morgan fingerprint density at radius 2 is 2.06 bits per heavy atom. The molecule has 0 aromatic heterocycles. The summed E-state index contributed by atoms with van der Waals surface area (Å²) in [4.78, 5) is 0. The first-order chi connectivity index (χ1) is 7.66. The van der Waals surface area contributed by atoms with Crippen LogP contribution < -0.4 is 5.32 Å². The first-order valence-corrected chi connectivity index (χ1v) is 6.98. The number of ether oxygens (including phenoxy) is 1. The van der Waals surface area contributed by atoms with Gasteiger partial charge in [0.2, 0.25) is 0 Å². The van der Waals surface area contributed by atoms with Crippen molar-refractivity contribution in [1.29, 1.82) is 0 Å². The van der Waals surface area contributed by atoms with E-state index in [4.69, 9.17) is 4.74 Å². The average molecular weight is 227 g/mol. The molecule has 1 rings (SSSR count). The molecule has 0 bridgehead atoms. The van der Waals surface area contributed by atoms with Gasteiger partial charge in [0.05, 0.1) is 6.61 Å². The average Bonchev–Trinajstić information content (AvgIpc) is 2.30. The van der Waals surface area contributed by atoms with E-state index < -0.39 is 0 Å². The summed E-state index contributed by atoms with van der Waals surface area (Å²) in [5.41, 5.74) is 0. The van der Waals surface area contributed by atoms with Crippen LogP contribution in [0.15, 0.2) is 0 Å². The van der Waals surface area contributed by atoms with Crippen molar-refractivity contribution in [3.05, 3.63) is 0 Å². The maximum absolute atomic E-state index is 5.63. The highest BCUT2D eigenvalue weighted by Gasteiger charge is 2.29. The second-order valence-electron chi connectivity index (χ2n) is 5.56. The van der Waals surface area contributed by atoms with Gasteiger partial charge in [0.25, 0.3) is 0 Å². The van der Waals surface area contributed by atoms with Crippen LogP contribution >= 0.6 is 0 Å². The molecule has 1 heterocycles. The second-order valence-corrected chi connectivity index (χ2v) is 5.56. The molecule has 0 spiro atoms. The minimum absolute atomic E-state index is 0.639. The Labute approximate surface area is 101 Å². The topological polar surface area (TPSA) is 21.3 Å². The molecule has 1 aliphatic rings. The summed E-state index contributed by atoms with van der Waals surface area (Å²) in [5.74, 6) is 2.20. The van der Waals surface area contributed by atoms with Crippen LogP contribution in [0, 0.1) is 17.8 Å². The molecule has 0 radical (unpaired) electrons. The Balaban J connectivity index is 2.53. The highest BCUT2D eigenvalue weighted by atomic mass is 16.5. The lowest BCUT2D eigenvalue weighted by Gasteiger charge is -2.36. The van der Waals surface area contributed by atoms with Crippen LogP contribution in [0.5, 0.6) is 0 Å². The zero-order chi connectivity index (χ0) is 12.0. The monoisotopic (exact) mass is 227 g/mol. The molecule has 16 heavy (non-hydrogen) atoms. The van der Waals surface area contributed by atoms with Gasteiger partial charge >= 0.3 is 0 Å². The molecule has 1 N–H and O–H groups in total. The van der Waals surface area contributed by atoms with Crippen molar-refractivity contribution >= 4 is 0 Å². The molecule has 0 amide bonds. The zero-order valence-electron chi connectivity index (χ0n) is 11.5. The molecule has 0 aromatic rings. The van der Waals surface area contributed by atoms with Gasteiger partial charge in [0.1, 0.15) is 0 Å². The molecule has 96 valence electrons. The lowest BCUT2D eigenvalue weighted by Crippen LogP contribution is -2.46. The van der Waals surface area contributed by atoms with Crippen LogP contribution in [-0.2, 0) is 4.74 Å². The molecule has 0 saturated carbocycles. The van der Waals surface area contributed by atoms with Crippen LogP contribution in [0.3, 0.4) is 0 Å². The van der Waals surface area contributed by atoms with Crippen molar-refractivity contribution in [1.82, 2.24) is 5.32 Å². The van der Waals surface area contributed by atoms with E-state index in [0.717, 1.165) is 37.5 Å². The van der Waals surface area contributed by atoms with E-state index in [1.807, 2.05) is 0 Å². The van der Waals surface area contributed by atoms with E-state index in [2.05, 4.69) is 33.0 Å². The maximum Gasteiger partial charge on any atom is 0.0509 e. The molecule has 2 heteroatoms. The zero-order valence-corrected chi connectivity index (χ0v) is 11.5. The standard InChI is InChI=1S/C14H29NO/c1-5-8-15-14(12(4)11(2)3)13-7-6-9-16-10-13/h11-15H,5-10H2,1-4H3. The Hall–Kier alpha value is -0.0800. The predicted molar refractivity (Wildman–Crippen MR) is 69.6 cm³/mol. The second kappa shape index (κ2) is 7.29. The third-order valence-electron chi connectivity index (χ3n) is 3.95. The van der Waals surface area contributed by atoms with E-state index >= 15 is 0 Å². The molecular formula is C14H29NO. The Bertz CT molecular complexity index is 176. The molecule has 3 atom stereocenters. The van der Waals surface area contributed by atoms with Gasteiger partial charge in [-0.15, -0.1) is 0 Å². The Morgan fingerprint density at radius 1 is 1.31 bits per heavy atom. The van der Waals surface area contributed by atoms with Gasteiger partial charge < -0.3 is 10.1 Å². The van der Waals surface area contributed by atoms with Gasteiger partial charge in [-0.3, -0.25) is 0 Å². The van der Waals surface area contributed by atoms with E-state index in [1.165, 1.54) is 19.3 Å². The molecule has 1 aliphatic heterocycles. The first kappa shape index (κ1) is 14.0. The highest BCUT2D eigenvalue weighted by molar-refractivity contribution is 4.84. The number of hydrogen-bond donors (Lipinski definition) is 1. The molecule has 0 aliphatic carbocycles. The van der Waals surface area contributed by atoms with Gasteiger partial charge in [0, 0.05) is 12.6 Å². The third-order valence-corrected chi connectivity index (χ3v) is 3.95. The van der Waals surface area contributed by atoms with E-state index in [9.17, 15) is 0 Å². The summed E-state index contributed by atoms with van der Waals surface area (Å²) in [6, 6.07) is 0.639. The number of nitrogens with one attached hydrogen (secondary N) is 1. The number of hydrogen-bond acceptors (Lipinski definition) is 2. The van der Waals surface area contributed by atoms with Crippen molar-refractivity contribution in [3.8, 4) is 0 Å². The highest BCUT2D eigenvalue weighted by Crippen LogP contribution is 2.26. The van der Waals surface area contributed by atoms with E-state index in [1.54, 1.807) is 0 Å². The largest absolute Gasteiger partial charge is 0.381 e. The van der Waals surface area contributed by atoms with Crippen molar-refractivity contribution in [2.24, 2.45) is 17.8 Å². The van der Waals surface area contributed by atoms with Crippen molar-refractivity contribution < 1.29 is 4.74 Å². The summed E-state index contributed by atoms with van der Waals surface area (Å²) >= 11 is 0. The summed E-state index contributed by atoms with van der Waals surface area (Å²) < 4.78 is 5.63. The lowest BCUT2D eigenvalue weighted by atomic mass is 9.80. The fourth-order valence-corrected chi connectivity index (χ4v) is 2.56. The summed E-state index contributed by atoms with van der Waals surface area (Å²) in [5, 5.41) is 3.74. The molecule has 1 fully saturated rings. The molecule has 1 saturated heterocycles. The quantitative estimate of drug-likeness (QED) is 0.753. The van der Waals surface area contributed by atoms with Crippen molar-refractivity contribution in [3.63, 3.8) is 0 Å². The Morgan fingerprint density at radius 3 is 2.56 bits per heavy atom. The SMILES string of the molecule is CCCNC(C1CCCOC1)C(C)C(C)C. The minimum atomic E-state index is 0.639. The molecule has 3 unspecified atom stereocenters. The Kier molecular flexibility index (Phi) is 6.37. The van der Waals surface area contributed by atoms with Crippen LogP contribution in [0.4, 0.5) is 0 Å². The maximum atomic E-state index is 5.63. The van der Waals surface area contributed by atoms with E-state index in [-0.39, 0.29) is 0 Å². The number of rotatable bonds is 6. The molecular weight excluding hydrogens is 198 g/mol. The van der Waals surface area contributed by atoms with Crippen LogP contribution in [0.2, 0.25) is 0 Å². The van der Waals surface area contributed by atoms with Gasteiger partial charge in [-0.05, 0) is 43.6 Å². The smallest absolute Gasteiger partial charge is 0.0509 e. The minimum Gasteiger partial charge on any atom is -0.381 e. The fourth-order valence-electron chi connectivity index (χ4n) is 2.56.